The molecule has 1 aliphatic rings. The third-order valence-corrected chi connectivity index (χ3v) is 2.66. The van der Waals surface area contributed by atoms with Crippen molar-refractivity contribution < 1.29 is 23.1 Å². The van der Waals surface area contributed by atoms with E-state index in [2.05, 4.69) is 0 Å². The van der Waals surface area contributed by atoms with Crippen molar-refractivity contribution >= 4 is 5.97 Å². The van der Waals surface area contributed by atoms with Crippen molar-refractivity contribution in [3.63, 3.8) is 0 Å². The number of carbonyl (C=O) groups is 1. The number of carboxylic acid groups (broad SMARTS) is 1. The summed E-state index contributed by atoms with van der Waals surface area (Å²) in [6, 6.07) is 0. The van der Waals surface area contributed by atoms with Crippen LogP contribution in [0, 0.1) is 17.3 Å². The van der Waals surface area contributed by atoms with E-state index in [9.17, 15) is 23.1 Å². The minimum absolute atomic E-state index is 0.0857. The number of alkyl halides is 3. The quantitative estimate of drug-likeness (QED) is 0.637. The summed E-state index contributed by atoms with van der Waals surface area (Å²) in [4.78, 5) is 10.5. The molecular weight excluding hydrogens is 197 g/mol. The Bertz CT molecular complexity index is 278. The van der Waals surface area contributed by atoms with Crippen LogP contribution in [0.5, 0.6) is 0 Å². The van der Waals surface area contributed by atoms with Crippen LogP contribution in [0.1, 0.15) is 13.8 Å². The zero-order valence-corrected chi connectivity index (χ0v) is 7.76. The standard InChI is InChI=1S/C9H11F3O2/c1-8(2)5(6(8)7(13)14)3-4-9(10,11)12/h3-6H,1-2H3,(H,13,14)/p-1. The second-order valence-electron chi connectivity index (χ2n) is 4.04. The first-order valence-electron chi connectivity index (χ1n) is 4.13. The third kappa shape index (κ3) is 2.08. The summed E-state index contributed by atoms with van der Waals surface area (Å²) in [5.41, 5.74) is -0.624. The lowest BCUT2D eigenvalue weighted by Crippen LogP contribution is -2.26. The lowest BCUT2D eigenvalue weighted by atomic mass is 10.1. The molecule has 1 rings (SSSR count). The molecule has 0 radical (unpaired) electrons. The molecule has 0 bridgehead atoms. The lowest BCUT2D eigenvalue weighted by molar-refractivity contribution is -0.309. The molecule has 0 aromatic rings. The number of aliphatic carboxylic acids is 1. The predicted octanol–water partition coefficient (Wildman–Crippen LogP) is 1.13. The summed E-state index contributed by atoms with van der Waals surface area (Å²) in [7, 11) is 0. The molecule has 1 saturated carbocycles. The minimum atomic E-state index is -4.38. The van der Waals surface area contributed by atoms with Crippen LogP contribution in [0.2, 0.25) is 0 Å². The van der Waals surface area contributed by atoms with Crippen molar-refractivity contribution in [1.29, 1.82) is 0 Å². The predicted molar refractivity (Wildman–Crippen MR) is 41.0 cm³/mol. The molecule has 0 aromatic heterocycles. The fourth-order valence-electron chi connectivity index (χ4n) is 1.70. The average Bonchev–Trinajstić information content (AvgIpc) is 2.47. The Morgan fingerprint density at radius 1 is 1.43 bits per heavy atom. The zero-order chi connectivity index (χ0) is 11.1. The maximum atomic E-state index is 11.8. The maximum absolute atomic E-state index is 11.8. The molecule has 2 nitrogen and oxygen atoms in total. The van der Waals surface area contributed by atoms with Gasteiger partial charge in [0.2, 0.25) is 0 Å². The molecular formula is C9H10F3O2-. The summed E-state index contributed by atoms with van der Waals surface area (Å²) in [6.07, 6.45) is -3.39. The Kier molecular flexibility index (Phi) is 2.37. The summed E-state index contributed by atoms with van der Waals surface area (Å²) in [5.74, 6) is -2.66. The van der Waals surface area contributed by atoms with Crippen LogP contribution in [0.3, 0.4) is 0 Å². The number of halogens is 3. The number of hydrogen-bond donors (Lipinski definition) is 0. The molecule has 2 atom stereocenters. The van der Waals surface area contributed by atoms with Crippen LogP contribution < -0.4 is 5.11 Å². The number of rotatable bonds is 2. The Morgan fingerprint density at radius 3 is 2.21 bits per heavy atom. The van der Waals surface area contributed by atoms with E-state index >= 15 is 0 Å². The second-order valence-corrected chi connectivity index (χ2v) is 4.04. The van der Waals surface area contributed by atoms with Crippen LogP contribution in [0.4, 0.5) is 13.2 Å². The average molecular weight is 207 g/mol. The van der Waals surface area contributed by atoms with Crippen LogP contribution >= 0.6 is 0 Å². The molecule has 0 aliphatic heterocycles. The number of carbonyl (C=O) groups excluding carboxylic acids is 1. The number of hydrogen-bond acceptors (Lipinski definition) is 2. The summed E-state index contributed by atoms with van der Waals surface area (Å²) in [6.45, 7) is 3.22. The molecule has 1 aliphatic carbocycles. The van der Waals surface area contributed by atoms with Crippen LogP contribution in [0.25, 0.3) is 0 Å². The Labute approximate surface area is 79.4 Å². The van der Waals surface area contributed by atoms with Crippen molar-refractivity contribution in [3.05, 3.63) is 12.2 Å². The fraction of sp³-hybridized carbons (Fsp3) is 0.667. The van der Waals surface area contributed by atoms with E-state index in [1.165, 1.54) is 0 Å². The molecule has 14 heavy (non-hydrogen) atoms. The monoisotopic (exact) mass is 207 g/mol. The highest BCUT2D eigenvalue weighted by Crippen LogP contribution is 2.58. The smallest absolute Gasteiger partial charge is 0.409 e. The van der Waals surface area contributed by atoms with Gasteiger partial charge >= 0.3 is 6.18 Å². The molecule has 0 aromatic carbocycles. The van der Waals surface area contributed by atoms with Gasteiger partial charge in [0.05, 0.1) is 0 Å². The van der Waals surface area contributed by atoms with Gasteiger partial charge in [0.15, 0.2) is 0 Å². The highest BCUT2D eigenvalue weighted by atomic mass is 19.4. The molecule has 5 heteroatoms. The molecule has 2 unspecified atom stereocenters. The fourth-order valence-corrected chi connectivity index (χ4v) is 1.70. The number of carboxylic acids is 1. The molecule has 0 saturated heterocycles. The van der Waals surface area contributed by atoms with E-state index < -0.39 is 29.4 Å². The van der Waals surface area contributed by atoms with Crippen molar-refractivity contribution in [3.8, 4) is 0 Å². The van der Waals surface area contributed by atoms with E-state index in [1.807, 2.05) is 0 Å². The highest BCUT2D eigenvalue weighted by molar-refractivity contribution is 5.74. The van der Waals surface area contributed by atoms with Gasteiger partial charge in [-0.05, 0) is 11.3 Å². The molecule has 80 valence electrons. The van der Waals surface area contributed by atoms with Gasteiger partial charge < -0.3 is 9.90 Å². The second kappa shape index (κ2) is 3.00. The molecule has 1 fully saturated rings. The van der Waals surface area contributed by atoms with Crippen molar-refractivity contribution in [1.82, 2.24) is 0 Å². The normalized spacial score (nSPS) is 30.6. The first-order chi connectivity index (χ1) is 6.16. The van der Waals surface area contributed by atoms with E-state index in [1.54, 1.807) is 13.8 Å². The van der Waals surface area contributed by atoms with Crippen molar-refractivity contribution in [2.75, 3.05) is 0 Å². The first-order valence-corrected chi connectivity index (χ1v) is 4.13. The van der Waals surface area contributed by atoms with Gasteiger partial charge in [0, 0.05) is 18.0 Å². The SMILES string of the molecule is CC1(C)C(C=CC(F)(F)F)C1C(=O)[O-]. The van der Waals surface area contributed by atoms with Crippen LogP contribution in [0.15, 0.2) is 12.2 Å². The van der Waals surface area contributed by atoms with Crippen LogP contribution in [-0.2, 0) is 4.79 Å². The molecule has 0 N–H and O–H groups in total. The van der Waals surface area contributed by atoms with Crippen LogP contribution in [-0.4, -0.2) is 12.1 Å². The molecule has 0 spiro atoms. The van der Waals surface area contributed by atoms with E-state index in [0.717, 1.165) is 6.08 Å². The third-order valence-electron chi connectivity index (χ3n) is 2.66. The summed E-state index contributed by atoms with van der Waals surface area (Å²) < 4.78 is 35.3. The Balaban J connectivity index is 2.67. The van der Waals surface area contributed by atoms with Crippen molar-refractivity contribution in [2.45, 2.75) is 20.0 Å². The summed E-state index contributed by atoms with van der Waals surface area (Å²) >= 11 is 0. The topological polar surface area (TPSA) is 40.1 Å². The largest absolute Gasteiger partial charge is 0.550 e. The van der Waals surface area contributed by atoms with Crippen molar-refractivity contribution in [2.24, 2.45) is 17.3 Å². The zero-order valence-electron chi connectivity index (χ0n) is 7.76. The van der Waals surface area contributed by atoms with Gasteiger partial charge in [-0.1, -0.05) is 19.9 Å². The van der Waals surface area contributed by atoms with Gasteiger partial charge in [0.25, 0.3) is 0 Å². The Morgan fingerprint density at radius 2 is 1.93 bits per heavy atom. The van der Waals surface area contributed by atoms with Gasteiger partial charge in [-0.25, -0.2) is 0 Å². The highest BCUT2D eigenvalue weighted by Gasteiger charge is 2.57. The molecule has 0 amide bonds. The van der Waals surface area contributed by atoms with Gasteiger partial charge in [-0.3, -0.25) is 0 Å². The minimum Gasteiger partial charge on any atom is -0.550 e. The molecule has 0 heterocycles. The Hall–Kier alpha value is -1.00. The summed E-state index contributed by atoms with van der Waals surface area (Å²) in [5, 5.41) is 10.5. The lowest BCUT2D eigenvalue weighted by Gasteiger charge is -2.01. The maximum Gasteiger partial charge on any atom is 0.409 e. The van der Waals surface area contributed by atoms with E-state index in [4.69, 9.17) is 0 Å². The first kappa shape index (κ1) is 11.1. The van der Waals surface area contributed by atoms with Gasteiger partial charge in [0.1, 0.15) is 0 Å². The van der Waals surface area contributed by atoms with E-state index in [-0.39, 0.29) is 6.08 Å². The van der Waals surface area contributed by atoms with Gasteiger partial charge in [-0.2, -0.15) is 13.2 Å². The van der Waals surface area contributed by atoms with E-state index in [0.29, 0.717) is 0 Å². The van der Waals surface area contributed by atoms with Gasteiger partial charge in [-0.15, -0.1) is 0 Å². The number of allylic oxidation sites excluding steroid dienone is 2.